The van der Waals surface area contributed by atoms with Gasteiger partial charge in [0, 0.05) is 0 Å². The van der Waals surface area contributed by atoms with Crippen LogP contribution in [0.3, 0.4) is 0 Å². The summed E-state index contributed by atoms with van der Waals surface area (Å²) in [6.45, 7) is 0. The Labute approximate surface area is 58.5 Å². The highest BCUT2D eigenvalue weighted by Gasteiger charge is 2.04. The highest BCUT2D eigenvalue weighted by atomic mass is 19.1. The van der Waals surface area contributed by atoms with Crippen LogP contribution in [0.1, 0.15) is 11.7 Å². The Morgan fingerprint density at radius 2 is 1.90 bits per heavy atom. The van der Waals surface area contributed by atoms with E-state index in [2.05, 4.69) is 0 Å². The first-order valence-electron chi connectivity index (χ1n) is 2.99. The molecule has 0 saturated heterocycles. The second-order valence-corrected chi connectivity index (χ2v) is 1.95. The average molecular weight is 138 g/mol. The molecule has 0 saturated carbocycles. The van der Waals surface area contributed by atoms with E-state index in [1.807, 2.05) is 0 Å². The molecule has 10 heavy (non-hydrogen) atoms. The Morgan fingerprint density at radius 1 is 1.30 bits per heavy atom. The van der Waals surface area contributed by atoms with Crippen LogP contribution < -0.4 is 0 Å². The van der Waals surface area contributed by atoms with Gasteiger partial charge in [-0.05, 0) is 5.56 Å². The number of carbonyl (C=O) groups is 1. The van der Waals surface area contributed by atoms with Crippen molar-refractivity contribution >= 4 is 6.29 Å². The molecule has 0 radical (unpaired) electrons. The maximum atomic E-state index is 12.5. The van der Waals surface area contributed by atoms with Crippen molar-refractivity contribution in [2.24, 2.45) is 0 Å². The van der Waals surface area contributed by atoms with Crippen molar-refractivity contribution in [3.8, 4) is 0 Å². The minimum absolute atomic E-state index is 0.287. The van der Waals surface area contributed by atoms with E-state index in [0.717, 1.165) is 0 Å². The number of hydrogen-bond acceptors (Lipinski definition) is 1. The topological polar surface area (TPSA) is 17.1 Å². The lowest BCUT2D eigenvalue weighted by atomic mass is 10.1. The van der Waals surface area contributed by atoms with Gasteiger partial charge in [0.25, 0.3) is 0 Å². The first-order valence-corrected chi connectivity index (χ1v) is 2.99. The van der Waals surface area contributed by atoms with E-state index in [4.69, 9.17) is 0 Å². The monoisotopic (exact) mass is 138 g/mol. The molecule has 1 aromatic carbocycles. The molecule has 0 aliphatic carbocycles. The summed E-state index contributed by atoms with van der Waals surface area (Å²) in [4.78, 5) is 9.93. The number of hydrogen-bond donors (Lipinski definition) is 0. The SMILES string of the molecule is O=CC(F)c1ccccc1. The standard InChI is InChI=1S/C8H7FO/c9-8(6-10)7-4-2-1-3-5-7/h1-6,8H. The highest BCUT2D eigenvalue weighted by molar-refractivity contribution is 5.59. The zero-order valence-electron chi connectivity index (χ0n) is 5.33. The van der Waals surface area contributed by atoms with E-state index in [1.165, 1.54) is 0 Å². The largest absolute Gasteiger partial charge is 0.300 e. The summed E-state index contributed by atoms with van der Waals surface area (Å²) in [7, 11) is 0. The van der Waals surface area contributed by atoms with Crippen LogP contribution in [0.15, 0.2) is 30.3 Å². The lowest BCUT2D eigenvalue weighted by Gasteiger charge is -1.97. The molecule has 0 aliphatic heterocycles. The lowest BCUT2D eigenvalue weighted by Crippen LogP contribution is -1.90. The quantitative estimate of drug-likeness (QED) is 0.570. The third kappa shape index (κ3) is 1.41. The first-order chi connectivity index (χ1) is 4.84. The molecule has 2 heteroatoms. The Kier molecular flexibility index (Phi) is 2.15. The number of carbonyl (C=O) groups excluding carboxylic acids is 1. The Bertz CT molecular complexity index is 208. The van der Waals surface area contributed by atoms with Crippen LogP contribution in [0.5, 0.6) is 0 Å². The number of alkyl halides is 1. The fourth-order valence-corrected chi connectivity index (χ4v) is 0.715. The molecule has 0 bridgehead atoms. The van der Waals surface area contributed by atoms with Crippen LogP contribution in [0.2, 0.25) is 0 Å². The number of aldehydes is 1. The second kappa shape index (κ2) is 3.11. The van der Waals surface area contributed by atoms with Crippen molar-refractivity contribution < 1.29 is 9.18 Å². The van der Waals surface area contributed by atoms with Crippen molar-refractivity contribution in [3.63, 3.8) is 0 Å². The molecule has 0 fully saturated rings. The van der Waals surface area contributed by atoms with E-state index in [-0.39, 0.29) is 6.29 Å². The van der Waals surface area contributed by atoms with Gasteiger partial charge in [-0.25, -0.2) is 4.39 Å². The van der Waals surface area contributed by atoms with Crippen molar-refractivity contribution in [2.45, 2.75) is 6.17 Å². The fourth-order valence-electron chi connectivity index (χ4n) is 0.715. The summed E-state index contributed by atoms with van der Waals surface area (Å²) in [5, 5.41) is 0. The van der Waals surface area contributed by atoms with Crippen molar-refractivity contribution in [1.29, 1.82) is 0 Å². The van der Waals surface area contributed by atoms with Crippen LogP contribution in [-0.4, -0.2) is 6.29 Å². The number of halogens is 1. The highest BCUT2D eigenvalue weighted by Crippen LogP contribution is 2.12. The van der Waals surface area contributed by atoms with Gasteiger partial charge in [-0.15, -0.1) is 0 Å². The van der Waals surface area contributed by atoms with Gasteiger partial charge in [-0.3, -0.25) is 4.79 Å². The summed E-state index contributed by atoms with van der Waals surface area (Å²) < 4.78 is 12.5. The molecular formula is C8H7FO. The van der Waals surface area contributed by atoms with Crippen LogP contribution in [0, 0.1) is 0 Å². The molecule has 0 heterocycles. The maximum Gasteiger partial charge on any atom is 0.180 e. The van der Waals surface area contributed by atoms with E-state index in [1.54, 1.807) is 30.3 Å². The third-order valence-corrected chi connectivity index (χ3v) is 1.24. The maximum absolute atomic E-state index is 12.5. The van der Waals surface area contributed by atoms with E-state index >= 15 is 0 Å². The normalized spacial score (nSPS) is 12.5. The van der Waals surface area contributed by atoms with E-state index in [0.29, 0.717) is 5.56 Å². The van der Waals surface area contributed by atoms with Gasteiger partial charge < -0.3 is 0 Å². The minimum atomic E-state index is -1.47. The van der Waals surface area contributed by atoms with Gasteiger partial charge in [0.2, 0.25) is 0 Å². The van der Waals surface area contributed by atoms with Crippen LogP contribution in [-0.2, 0) is 4.79 Å². The van der Waals surface area contributed by atoms with Gasteiger partial charge in [0.05, 0.1) is 0 Å². The van der Waals surface area contributed by atoms with Crippen LogP contribution in [0.25, 0.3) is 0 Å². The molecule has 1 nitrogen and oxygen atoms in total. The Morgan fingerprint density at radius 3 is 2.40 bits per heavy atom. The van der Waals surface area contributed by atoms with Crippen LogP contribution >= 0.6 is 0 Å². The first kappa shape index (κ1) is 6.93. The van der Waals surface area contributed by atoms with E-state index < -0.39 is 6.17 Å². The minimum Gasteiger partial charge on any atom is -0.300 e. The molecule has 1 unspecified atom stereocenters. The van der Waals surface area contributed by atoms with Gasteiger partial charge in [0.1, 0.15) is 0 Å². The molecule has 0 N–H and O–H groups in total. The molecule has 1 atom stereocenters. The molecule has 0 spiro atoms. The Hall–Kier alpha value is -1.18. The lowest BCUT2D eigenvalue weighted by molar-refractivity contribution is -0.112. The van der Waals surface area contributed by atoms with Gasteiger partial charge >= 0.3 is 0 Å². The fraction of sp³-hybridized carbons (Fsp3) is 0.125. The zero-order valence-corrected chi connectivity index (χ0v) is 5.33. The second-order valence-electron chi connectivity index (χ2n) is 1.95. The smallest absolute Gasteiger partial charge is 0.180 e. The van der Waals surface area contributed by atoms with Crippen molar-refractivity contribution in [1.82, 2.24) is 0 Å². The number of benzene rings is 1. The third-order valence-electron chi connectivity index (χ3n) is 1.24. The summed E-state index contributed by atoms with van der Waals surface area (Å²) in [5.74, 6) is 0. The number of rotatable bonds is 2. The average Bonchev–Trinajstić information content (AvgIpc) is 2.05. The van der Waals surface area contributed by atoms with Gasteiger partial charge in [0.15, 0.2) is 12.5 Å². The van der Waals surface area contributed by atoms with Gasteiger partial charge in [-0.2, -0.15) is 0 Å². The summed E-state index contributed by atoms with van der Waals surface area (Å²) in [6.07, 6.45) is -1.18. The van der Waals surface area contributed by atoms with Gasteiger partial charge in [-0.1, -0.05) is 30.3 Å². The molecular weight excluding hydrogens is 131 g/mol. The van der Waals surface area contributed by atoms with E-state index in [9.17, 15) is 9.18 Å². The Balaban J connectivity index is 2.84. The molecule has 0 amide bonds. The summed E-state index contributed by atoms with van der Waals surface area (Å²) in [5.41, 5.74) is 0.414. The zero-order chi connectivity index (χ0) is 7.40. The van der Waals surface area contributed by atoms with Crippen molar-refractivity contribution in [2.75, 3.05) is 0 Å². The summed E-state index contributed by atoms with van der Waals surface area (Å²) in [6, 6.07) is 8.34. The molecule has 0 aromatic heterocycles. The molecule has 52 valence electrons. The molecule has 1 aromatic rings. The van der Waals surface area contributed by atoms with Crippen LogP contribution in [0.4, 0.5) is 4.39 Å². The molecule has 0 aliphatic rings. The molecule has 1 rings (SSSR count). The van der Waals surface area contributed by atoms with Crippen molar-refractivity contribution in [3.05, 3.63) is 35.9 Å². The predicted octanol–water partition coefficient (Wildman–Crippen LogP) is 1.90. The predicted molar refractivity (Wildman–Crippen MR) is 36.4 cm³/mol. The summed E-state index contributed by atoms with van der Waals surface area (Å²) >= 11 is 0.